The quantitative estimate of drug-likeness (QED) is 0.126. The van der Waals surface area contributed by atoms with Gasteiger partial charge in [-0.2, -0.15) is 0 Å². The van der Waals surface area contributed by atoms with E-state index in [2.05, 4.69) is 188 Å². The van der Waals surface area contributed by atoms with E-state index in [-0.39, 0.29) is 0 Å². The largest absolute Gasteiger partial charge is 0.456 e. The van der Waals surface area contributed by atoms with Gasteiger partial charge in [0.25, 0.3) is 0 Å². The van der Waals surface area contributed by atoms with Crippen molar-refractivity contribution in [3.05, 3.63) is 206 Å². The maximum Gasteiger partial charge on any atom is 0.160 e. The molecule has 0 bridgehead atoms. The molecule has 0 aliphatic heterocycles. The fourth-order valence-electron chi connectivity index (χ4n) is 8.38. The Labute approximate surface area is 330 Å². The normalized spacial score (nSPS) is 11.5. The summed E-state index contributed by atoms with van der Waals surface area (Å²) in [6, 6.07) is 72.7. The molecular weight excluding hydrogens is 693 g/mol. The molecule has 0 fully saturated rings. The zero-order valence-corrected chi connectivity index (χ0v) is 30.9. The third kappa shape index (κ3) is 5.76. The number of rotatable bonds is 6. The zero-order valence-electron chi connectivity index (χ0n) is 30.9. The lowest BCUT2D eigenvalue weighted by molar-refractivity contribution is 0.632. The molecular formula is C54H34N2O. The molecule has 11 aromatic rings. The fraction of sp³-hybridized carbons (Fsp3) is 0. The van der Waals surface area contributed by atoms with Gasteiger partial charge in [-0.15, -0.1) is 0 Å². The number of para-hydroxylation sites is 1. The first-order chi connectivity index (χ1) is 28.2. The van der Waals surface area contributed by atoms with Crippen LogP contribution in [0, 0.1) is 0 Å². The van der Waals surface area contributed by atoms with Crippen LogP contribution in [0.25, 0.3) is 111 Å². The Balaban J connectivity index is 1.10. The van der Waals surface area contributed by atoms with E-state index >= 15 is 0 Å². The molecule has 0 N–H and O–H groups in total. The number of hydrogen-bond donors (Lipinski definition) is 0. The summed E-state index contributed by atoms with van der Waals surface area (Å²) in [5, 5.41) is 8.51. The molecule has 2 aromatic heterocycles. The van der Waals surface area contributed by atoms with Crippen LogP contribution in [0.3, 0.4) is 0 Å². The highest BCUT2D eigenvalue weighted by Gasteiger charge is 2.19. The molecule has 9 aromatic carbocycles. The monoisotopic (exact) mass is 726 g/mol. The third-order valence-corrected chi connectivity index (χ3v) is 11.1. The topological polar surface area (TPSA) is 38.9 Å². The molecule has 0 spiro atoms. The molecule has 0 saturated carbocycles. The Kier molecular flexibility index (Phi) is 7.82. The van der Waals surface area contributed by atoms with Crippen molar-refractivity contribution >= 4 is 43.3 Å². The molecule has 0 unspecified atom stereocenters. The highest BCUT2D eigenvalue weighted by atomic mass is 16.3. The molecule has 0 aliphatic rings. The van der Waals surface area contributed by atoms with Crippen molar-refractivity contribution in [2.45, 2.75) is 0 Å². The molecule has 0 radical (unpaired) electrons. The number of benzene rings is 9. The Morgan fingerprint density at radius 2 is 0.895 bits per heavy atom. The van der Waals surface area contributed by atoms with Crippen LogP contribution in [0.15, 0.2) is 211 Å². The van der Waals surface area contributed by atoms with E-state index in [4.69, 9.17) is 14.4 Å². The minimum absolute atomic E-state index is 0.657. The summed E-state index contributed by atoms with van der Waals surface area (Å²) in [6.07, 6.45) is 0. The van der Waals surface area contributed by atoms with Gasteiger partial charge in [0.1, 0.15) is 11.3 Å². The van der Waals surface area contributed by atoms with Gasteiger partial charge >= 0.3 is 0 Å². The van der Waals surface area contributed by atoms with Crippen LogP contribution >= 0.6 is 0 Å². The van der Waals surface area contributed by atoms with Crippen molar-refractivity contribution in [3.63, 3.8) is 0 Å². The summed E-state index contributed by atoms with van der Waals surface area (Å²) in [5.41, 5.74) is 11.1. The lowest BCUT2D eigenvalue weighted by Gasteiger charge is -2.15. The SMILES string of the molecule is c1ccc(-c2ccccc2-c2cc(-c3ccccc3-c3cc4ccccc4o3)nc(-c3ccc(-c4c5ccccc5cc5c4ccc4ccccc45)cc3)n2)cc1. The van der Waals surface area contributed by atoms with Gasteiger partial charge in [-0.1, -0.05) is 182 Å². The smallest absolute Gasteiger partial charge is 0.160 e. The summed E-state index contributed by atoms with van der Waals surface area (Å²) in [6.45, 7) is 0. The van der Waals surface area contributed by atoms with Crippen molar-refractivity contribution in [1.29, 1.82) is 0 Å². The van der Waals surface area contributed by atoms with Gasteiger partial charge in [0, 0.05) is 27.6 Å². The van der Waals surface area contributed by atoms with Crippen molar-refractivity contribution in [2.24, 2.45) is 0 Å². The second kappa shape index (κ2) is 13.6. The van der Waals surface area contributed by atoms with Crippen LogP contribution < -0.4 is 0 Å². The maximum atomic E-state index is 6.42. The summed E-state index contributed by atoms with van der Waals surface area (Å²) in [7, 11) is 0. The van der Waals surface area contributed by atoms with Gasteiger partial charge in [0.15, 0.2) is 5.82 Å². The van der Waals surface area contributed by atoms with E-state index in [1.54, 1.807) is 0 Å². The number of fused-ring (bicyclic) bond motifs is 5. The van der Waals surface area contributed by atoms with Gasteiger partial charge < -0.3 is 4.42 Å². The molecule has 266 valence electrons. The third-order valence-electron chi connectivity index (χ3n) is 11.1. The van der Waals surface area contributed by atoms with Gasteiger partial charge in [-0.3, -0.25) is 0 Å². The van der Waals surface area contributed by atoms with Crippen molar-refractivity contribution < 1.29 is 4.42 Å². The molecule has 3 heteroatoms. The second-order valence-corrected chi connectivity index (χ2v) is 14.5. The maximum absolute atomic E-state index is 6.42. The van der Waals surface area contributed by atoms with E-state index in [1.165, 1.54) is 37.9 Å². The first-order valence-electron chi connectivity index (χ1n) is 19.3. The average Bonchev–Trinajstić information content (AvgIpc) is 3.73. The van der Waals surface area contributed by atoms with Crippen LogP contribution in [0.2, 0.25) is 0 Å². The van der Waals surface area contributed by atoms with Gasteiger partial charge in [-0.05, 0) is 78.8 Å². The van der Waals surface area contributed by atoms with Crippen molar-refractivity contribution in [1.82, 2.24) is 9.97 Å². The molecule has 0 atom stereocenters. The van der Waals surface area contributed by atoms with Crippen LogP contribution in [0.5, 0.6) is 0 Å². The molecule has 0 saturated heterocycles. The first-order valence-corrected chi connectivity index (χ1v) is 19.3. The van der Waals surface area contributed by atoms with Crippen molar-refractivity contribution in [3.8, 4) is 67.5 Å². The predicted molar refractivity (Wildman–Crippen MR) is 237 cm³/mol. The summed E-state index contributed by atoms with van der Waals surface area (Å²) >= 11 is 0. The average molecular weight is 727 g/mol. The summed E-state index contributed by atoms with van der Waals surface area (Å²) < 4.78 is 6.42. The van der Waals surface area contributed by atoms with E-state index in [9.17, 15) is 0 Å². The van der Waals surface area contributed by atoms with Gasteiger partial charge in [-0.25, -0.2) is 9.97 Å². The molecule has 3 nitrogen and oxygen atoms in total. The summed E-state index contributed by atoms with van der Waals surface area (Å²) in [5.74, 6) is 1.46. The Bertz CT molecular complexity index is 3260. The van der Waals surface area contributed by atoms with Crippen LogP contribution in [-0.2, 0) is 0 Å². The van der Waals surface area contributed by atoms with Gasteiger partial charge in [0.05, 0.1) is 11.4 Å². The molecule has 0 amide bonds. The Hall–Kier alpha value is -7.62. The highest BCUT2D eigenvalue weighted by molar-refractivity contribution is 6.20. The van der Waals surface area contributed by atoms with Gasteiger partial charge in [0.2, 0.25) is 0 Å². The van der Waals surface area contributed by atoms with Crippen LogP contribution in [0.4, 0.5) is 0 Å². The number of hydrogen-bond acceptors (Lipinski definition) is 3. The first kappa shape index (κ1) is 32.8. The van der Waals surface area contributed by atoms with Crippen LogP contribution in [-0.4, -0.2) is 9.97 Å². The van der Waals surface area contributed by atoms with E-state index in [0.717, 1.165) is 67.1 Å². The highest BCUT2D eigenvalue weighted by Crippen LogP contribution is 2.41. The second-order valence-electron chi connectivity index (χ2n) is 14.5. The molecule has 57 heavy (non-hydrogen) atoms. The Morgan fingerprint density at radius 3 is 1.65 bits per heavy atom. The lowest BCUT2D eigenvalue weighted by Crippen LogP contribution is -1.98. The van der Waals surface area contributed by atoms with Crippen molar-refractivity contribution in [2.75, 3.05) is 0 Å². The number of furan rings is 1. The zero-order chi connectivity index (χ0) is 37.7. The predicted octanol–water partition coefficient (Wildman–Crippen LogP) is 14.7. The lowest BCUT2D eigenvalue weighted by atomic mass is 9.89. The summed E-state index contributed by atoms with van der Waals surface area (Å²) in [4.78, 5) is 10.7. The fourth-order valence-corrected chi connectivity index (χ4v) is 8.38. The minimum atomic E-state index is 0.657. The molecule has 2 heterocycles. The van der Waals surface area contributed by atoms with E-state index in [0.29, 0.717) is 5.82 Å². The Morgan fingerprint density at radius 1 is 0.316 bits per heavy atom. The van der Waals surface area contributed by atoms with Crippen LogP contribution in [0.1, 0.15) is 0 Å². The van der Waals surface area contributed by atoms with E-state index in [1.807, 2.05) is 18.2 Å². The minimum Gasteiger partial charge on any atom is -0.456 e. The standard InChI is InChI=1S/C54H34N2O/c1-2-14-35(15-3-1)41-19-9-10-22-44(41)49-34-50(45-23-11-12-24-46(45)52-33-40-18-6-13-25-51(40)57-52)56-54(55-49)38-28-26-37(27-29-38)53-43-21-8-5-17-39(43)32-48-42-20-7-4-16-36(42)30-31-47(48)53/h1-34H. The number of aromatic nitrogens is 2. The molecule has 0 aliphatic carbocycles. The number of nitrogens with zero attached hydrogens (tertiary/aromatic N) is 2. The van der Waals surface area contributed by atoms with E-state index < -0.39 is 0 Å². The molecule has 11 rings (SSSR count).